The number of hydrogen-bond donors (Lipinski definition) is 2. The molecule has 1 amide bonds. The van der Waals surface area contributed by atoms with E-state index in [2.05, 4.69) is 23.7 Å². The number of thiophene rings is 1. The fraction of sp³-hybridized carbons (Fsp3) is 0.500. The van der Waals surface area contributed by atoms with E-state index in [0.717, 1.165) is 6.42 Å². The molecule has 0 fully saturated rings. The molecule has 2 rings (SSSR count). The molecular weight excluding hydrogens is 228 g/mol. The number of nitrogens with two attached hydrogens (primary N) is 1. The molecule has 0 aliphatic carbocycles. The molecule has 1 aromatic rings. The summed E-state index contributed by atoms with van der Waals surface area (Å²) in [5.74, 6) is -0.294. The minimum Gasteiger partial charge on any atom is -0.369 e. The fourth-order valence-corrected chi connectivity index (χ4v) is 4.33. The normalized spacial score (nSPS) is 24.9. The number of hydrogen-bond acceptors (Lipinski definition) is 4. The highest BCUT2D eigenvalue weighted by molar-refractivity contribution is 8.01. The standard InChI is InChI=1S/C10H14N2OS2/c1-6-4-8(12-5-9(11)13)7-2-3-14-10(7)15-6/h2-3,6,8,12H,4-5H2,1H3,(H2,11,13)/t6-,8?/m0/s1. The predicted octanol–water partition coefficient (Wildman–Crippen LogP) is 1.75. The van der Waals surface area contributed by atoms with Gasteiger partial charge in [0.05, 0.1) is 10.8 Å². The lowest BCUT2D eigenvalue weighted by atomic mass is 10.1. The van der Waals surface area contributed by atoms with Crippen LogP contribution in [-0.2, 0) is 4.79 Å². The number of nitrogens with one attached hydrogen (secondary N) is 1. The third-order valence-electron chi connectivity index (χ3n) is 2.43. The molecule has 0 bridgehead atoms. The summed E-state index contributed by atoms with van der Waals surface area (Å²) in [7, 11) is 0. The molecule has 1 aromatic heterocycles. The number of primary amides is 1. The number of carbonyl (C=O) groups is 1. The van der Waals surface area contributed by atoms with Crippen molar-refractivity contribution in [2.24, 2.45) is 5.73 Å². The zero-order valence-electron chi connectivity index (χ0n) is 8.53. The Kier molecular flexibility index (Phi) is 3.33. The van der Waals surface area contributed by atoms with Crippen molar-refractivity contribution in [3.63, 3.8) is 0 Å². The van der Waals surface area contributed by atoms with Crippen molar-refractivity contribution in [1.82, 2.24) is 5.32 Å². The summed E-state index contributed by atoms with van der Waals surface area (Å²) < 4.78 is 1.37. The van der Waals surface area contributed by atoms with Gasteiger partial charge >= 0.3 is 0 Å². The van der Waals surface area contributed by atoms with Gasteiger partial charge in [0, 0.05) is 11.3 Å². The maximum Gasteiger partial charge on any atom is 0.231 e. The summed E-state index contributed by atoms with van der Waals surface area (Å²) in [6, 6.07) is 2.42. The lowest BCUT2D eigenvalue weighted by Crippen LogP contribution is -2.33. The highest BCUT2D eigenvalue weighted by Gasteiger charge is 2.25. The molecule has 1 aliphatic heterocycles. The summed E-state index contributed by atoms with van der Waals surface area (Å²) in [6.45, 7) is 2.48. The SMILES string of the molecule is C[C@H]1CC(NCC(N)=O)c2ccsc2S1. The topological polar surface area (TPSA) is 55.1 Å². The Hall–Kier alpha value is -0.520. The average Bonchev–Trinajstić information content (AvgIpc) is 2.61. The van der Waals surface area contributed by atoms with E-state index < -0.39 is 0 Å². The van der Waals surface area contributed by atoms with Crippen LogP contribution in [0.3, 0.4) is 0 Å². The first-order chi connectivity index (χ1) is 7.16. The van der Waals surface area contributed by atoms with E-state index in [4.69, 9.17) is 5.73 Å². The minimum atomic E-state index is -0.294. The lowest BCUT2D eigenvalue weighted by Gasteiger charge is -2.27. The van der Waals surface area contributed by atoms with E-state index in [0.29, 0.717) is 5.25 Å². The molecule has 1 unspecified atom stereocenters. The van der Waals surface area contributed by atoms with Crippen LogP contribution in [0.5, 0.6) is 0 Å². The van der Waals surface area contributed by atoms with Gasteiger partial charge in [-0.3, -0.25) is 4.79 Å². The number of rotatable bonds is 3. The van der Waals surface area contributed by atoms with Gasteiger partial charge in [-0.15, -0.1) is 23.1 Å². The van der Waals surface area contributed by atoms with E-state index in [1.165, 1.54) is 9.77 Å². The van der Waals surface area contributed by atoms with Crippen LogP contribution < -0.4 is 11.1 Å². The van der Waals surface area contributed by atoms with Gasteiger partial charge in [-0.05, 0) is 23.4 Å². The maximum absolute atomic E-state index is 10.7. The molecule has 1 aliphatic rings. The van der Waals surface area contributed by atoms with Crippen molar-refractivity contribution < 1.29 is 4.79 Å². The van der Waals surface area contributed by atoms with Crippen LogP contribution >= 0.6 is 23.1 Å². The number of fused-ring (bicyclic) bond motifs is 1. The van der Waals surface area contributed by atoms with Crippen molar-refractivity contribution in [2.75, 3.05) is 6.54 Å². The molecule has 0 saturated carbocycles. The van der Waals surface area contributed by atoms with Gasteiger partial charge < -0.3 is 11.1 Å². The van der Waals surface area contributed by atoms with Crippen LogP contribution in [0.2, 0.25) is 0 Å². The van der Waals surface area contributed by atoms with Gasteiger partial charge in [-0.1, -0.05) is 6.92 Å². The second-order valence-electron chi connectivity index (χ2n) is 3.73. The summed E-state index contributed by atoms with van der Waals surface area (Å²) in [5.41, 5.74) is 6.46. The molecule has 0 spiro atoms. The van der Waals surface area contributed by atoms with Gasteiger partial charge in [0.2, 0.25) is 5.91 Å². The number of carbonyl (C=O) groups excluding carboxylic acids is 1. The van der Waals surface area contributed by atoms with Gasteiger partial charge in [0.15, 0.2) is 0 Å². The average molecular weight is 242 g/mol. The lowest BCUT2D eigenvalue weighted by molar-refractivity contribution is -0.117. The Bertz CT molecular complexity index is 364. The minimum absolute atomic E-state index is 0.261. The molecule has 0 saturated heterocycles. The number of thioether (sulfide) groups is 1. The van der Waals surface area contributed by atoms with Crippen LogP contribution in [0.1, 0.15) is 24.9 Å². The van der Waals surface area contributed by atoms with Gasteiger partial charge in [-0.2, -0.15) is 0 Å². The third kappa shape index (κ3) is 2.53. The van der Waals surface area contributed by atoms with Crippen LogP contribution in [0.15, 0.2) is 15.7 Å². The Balaban J connectivity index is 2.09. The largest absolute Gasteiger partial charge is 0.369 e. The molecule has 3 nitrogen and oxygen atoms in total. The van der Waals surface area contributed by atoms with E-state index in [-0.39, 0.29) is 18.5 Å². The van der Waals surface area contributed by atoms with Crippen molar-refractivity contribution in [3.05, 3.63) is 17.0 Å². The molecule has 0 radical (unpaired) electrons. The second kappa shape index (κ2) is 4.55. The van der Waals surface area contributed by atoms with E-state index in [1.807, 2.05) is 11.8 Å². The first-order valence-corrected chi connectivity index (χ1v) is 6.68. The molecule has 2 heterocycles. The van der Waals surface area contributed by atoms with E-state index in [1.54, 1.807) is 11.3 Å². The van der Waals surface area contributed by atoms with Crippen molar-refractivity contribution >= 4 is 29.0 Å². The molecule has 5 heteroatoms. The van der Waals surface area contributed by atoms with Gasteiger partial charge in [0.25, 0.3) is 0 Å². The van der Waals surface area contributed by atoms with Crippen molar-refractivity contribution in [1.29, 1.82) is 0 Å². The summed E-state index contributed by atoms with van der Waals surface area (Å²) in [4.78, 5) is 10.7. The Morgan fingerprint density at radius 1 is 1.73 bits per heavy atom. The monoisotopic (exact) mass is 242 g/mol. The van der Waals surface area contributed by atoms with E-state index in [9.17, 15) is 4.79 Å². The number of amides is 1. The second-order valence-corrected chi connectivity index (χ2v) is 6.35. The first kappa shape index (κ1) is 11.0. The highest BCUT2D eigenvalue weighted by Crippen LogP contribution is 2.43. The summed E-state index contributed by atoms with van der Waals surface area (Å²) in [6.07, 6.45) is 1.06. The molecule has 2 atom stereocenters. The highest BCUT2D eigenvalue weighted by atomic mass is 32.2. The summed E-state index contributed by atoms with van der Waals surface area (Å²) in [5, 5.41) is 5.92. The Morgan fingerprint density at radius 3 is 3.27 bits per heavy atom. The van der Waals surface area contributed by atoms with E-state index >= 15 is 0 Å². The third-order valence-corrected chi connectivity index (χ3v) is 4.78. The van der Waals surface area contributed by atoms with Crippen LogP contribution in [0.25, 0.3) is 0 Å². The van der Waals surface area contributed by atoms with Crippen LogP contribution in [-0.4, -0.2) is 17.7 Å². The maximum atomic E-state index is 10.7. The van der Waals surface area contributed by atoms with Crippen molar-refractivity contribution in [3.8, 4) is 0 Å². The van der Waals surface area contributed by atoms with Crippen LogP contribution in [0.4, 0.5) is 0 Å². The fourth-order valence-electron chi connectivity index (χ4n) is 1.77. The quantitative estimate of drug-likeness (QED) is 0.849. The zero-order chi connectivity index (χ0) is 10.8. The smallest absolute Gasteiger partial charge is 0.231 e. The molecule has 82 valence electrons. The van der Waals surface area contributed by atoms with Crippen molar-refractivity contribution in [2.45, 2.75) is 28.8 Å². The van der Waals surface area contributed by atoms with Crippen LogP contribution in [0, 0.1) is 0 Å². The summed E-state index contributed by atoms with van der Waals surface area (Å²) >= 11 is 3.69. The molecule has 15 heavy (non-hydrogen) atoms. The predicted molar refractivity (Wildman–Crippen MR) is 64.2 cm³/mol. The van der Waals surface area contributed by atoms with Gasteiger partial charge in [0.1, 0.15) is 0 Å². The first-order valence-electron chi connectivity index (χ1n) is 4.92. The Morgan fingerprint density at radius 2 is 2.53 bits per heavy atom. The molecule has 3 N–H and O–H groups in total. The Labute approximate surface area is 97.4 Å². The van der Waals surface area contributed by atoms with Gasteiger partial charge in [-0.25, -0.2) is 0 Å². The molecule has 0 aromatic carbocycles. The molecular formula is C10H14N2OS2. The zero-order valence-corrected chi connectivity index (χ0v) is 10.2.